The molecule has 1 aliphatic rings. The van der Waals surface area contributed by atoms with Crippen LogP contribution in [0.2, 0.25) is 0 Å². The van der Waals surface area contributed by atoms with Gasteiger partial charge in [-0.2, -0.15) is 0 Å². The van der Waals surface area contributed by atoms with Crippen LogP contribution in [0, 0.1) is 10.1 Å². The van der Waals surface area contributed by atoms with Crippen molar-refractivity contribution in [3.05, 3.63) is 67.5 Å². The highest BCUT2D eigenvalue weighted by Crippen LogP contribution is 2.29. The van der Waals surface area contributed by atoms with Crippen LogP contribution in [0.3, 0.4) is 0 Å². The Bertz CT molecular complexity index is 906. The number of hydrogen-bond donors (Lipinski definition) is 3. The number of benzene rings is 1. The molecule has 4 atom stereocenters. The van der Waals surface area contributed by atoms with E-state index in [1.807, 2.05) is 4.98 Å². The predicted octanol–water partition coefficient (Wildman–Crippen LogP) is -0.857. The summed E-state index contributed by atoms with van der Waals surface area (Å²) in [5, 5.41) is 30.8. The van der Waals surface area contributed by atoms with Gasteiger partial charge in [0.25, 0.3) is 11.2 Å². The van der Waals surface area contributed by atoms with Crippen molar-refractivity contribution in [2.24, 2.45) is 0 Å². The molecule has 1 aromatic heterocycles. The van der Waals surface area contributed by atoms with E-state index in [1.165, 1.54) is 24.3 Å². The van der Waals surface area contributed by atoms with Crippen molar-refractivity contribution in [1.82, 2.24) is 9.55 Å². The molecule has 0 unspecified atom stereocenters. The van der Waals surface area contributed by atoms with Crippen LogP contribution in [0.1, 0.15) is 6.23 Å². The highest BCUT2D eigenvalue weighted by Gasteiger charge is 2.44. The number of nitro benzene ring substituents is 1. The minimum absolute atomic E-state index is 0.0950. The van der Waals surface area contributed by atoms with Gasteiger partial charge < -0.3 is 19.7 Å². The number of nitrogens with one attached hydrogen (secondary N) is 1. The van der Waals surface area contributed by atoms with Gasteiger partial charge in [0.1, 0.15) is 30.7 Å². The Morgan fingerprint density at radius 1 is 1.19 bits per heavy atom. The number of aliphatic hydroxyl groups is 2. The molecule has 0 amide bonds. The van der Waals surface area contributed by atoms with Crippen LogP contribution in [0.15, 0.2) is 46.1 Å². The lowest BCUT2D eigenvalue weighted by Crippen LogP contribution is -2.37. The summed E-state index contributed by atoms with van der Waals surface area (Å²) in [6.07, 6.45) is -3.74. The number of rotatable bonds is 5. The maximum Gasteiger partial charge on any atom is 0.330 e. The zero-order valence-electron chi connectivity index (χ0n) is 13.2. The Morgan fingerprint density at radius 3 is 2.50 bits per heavy atom. The Balaban J connectivity index is 1.68. The number of aliphatic hydroxyl groups excluding tert-OH is 2. The van der Waals surface area contributed by atoms with Crippen molar-refractivity contribution in [2.75, 3.05) is 6.61 Å². The van der Waals surface area contributed by atoms with E-state index in [0.717, 1.165) is 16.8 Å². The van der Waals surface area contributed by atoms with E-state index in [1.54, 1.807) is 0 Å². The second-order valence-corrected chi connectivity index (χ2v) is 5.63. The normalized spacial score (nSPS) is 25.2. The first-order valence-electron chi connectivity index (χ1n) is 7.57. The van der Waals surface area contributed by atoms with Crippen molar-refractivity contribution >= 4 is 5.69 Å². The lowest BCUT2D eigenvalue weighted by molar-refractivity contribution is -0.384. The first-order chi connectivity index (χ1) is 12.4. The van der Waals surface area contributed by atoms with E-state index in [4.69, 9.17) is 9.47 Å². The van der Waals surface area contributed by atoms with E-state index < -0.39 is 40.7 Å². The van der Waals surface area contributed by atoms with Crippen LogP contribution in [0.25, 0.3) is 0 Å². The Labute approximate surface area is 145 Å². The maximum atomic E-state index is 11.8. The molecular weight excluding hydrogens is 350 g/mol. The van der Waals surface area contributed by atoms with Crippen molar-refractivity contribution in [1.29, 1.82) is 0 Å². The zero-order valence-corrected chi connectivity index (χ0v) is 13.2. The molecule has 3 N–H and O–H groups in total. The van der Waals surface area contributed by atoms with Crippen LogP contribution in [0.5, 0.6) is 5.75 Å². The molecule has 1 fully saturated rings. The molecule has 11 heteroatoms. The van der Waals surface area contributed by atoms with E-state index >= 15 is 0 Å². The largest absolute Gasteiger partial charge is 0.491 e. The van der Waals surface area contributed by atoms with Crippen LogP contribution in [-0.2, 0) is 4.74 Å². The molecule has 26 heavy (non-hydrogen) atoms. The number of nitrogens with zero attached hydrogens (tertiary/aromatic N) is 2. The summed E-state index contributed by atoms with van der Waals surface area (Å²) in [6.45, 7) is -0.162. The predicted molar refractivity (Wildman–Crippen MR) is 85.8 cm³/mol. The van der Waals surface area contributed by atoms with Crippen LogP contribution < -0.4 is 16.0 Å². The molecule has 138 valence electrons. The van der Waals surface area contributed by atoms with Gasteiger partial charge in [-0.3, -0.25) is 24.5 Å². The number of hydrogen-bond acceptors (Lipinski definition) is 8. The molecule has 2 aromatic rings. The van der Waals surface area contributed by atoms with Gasteiger partial charge in [-0.25, -0.2) is 4.79 Å². The number of H-pyrrole nitrogens is 1. The van der Waals surface area contributed by atoms with Gasteiger partial charge >= 0.3 is 5.69 Å². The fraction of sp³-hybridized carbons (Fsp3) is 0.333. The maximum absolute atomic E-state index is 11.8. The fourth-order valence-electron chi connectivity index (χ4n) is 2.57. The summed E-state index contributed by atoms with van der Waals surface area (Å²) in [5.41, 5.74) is -1.48. The molecule has 1 aliphatic heterocycles. The lowest BCUT2D eigenvalue weighted by Gasteiger charge is -2.16. The first kappa shape index (κ1) is 17.8. The van der Waals surface area contributed by atoms with Crippen molar-refractivity contribution in [3.63, 3.8) is 0 Å². The molecular formula is C15H15N3O8. The van der Waals surface area contributed by atoms with Gasteiger partial charge in [-0.1, -0.05) is 0 Å². The number of aromatic nitrogens is 2. The smallest absolute Gasteiger partial charge is 0.330 e. The average molecular weight is 365 g/mol. The first-order valence-corrected chi connectivity index (χ1v) is 7.57. The minimum atomic E-state index is -1.41. The Morgan fingerprint density at radius 2 is 1.88 bits per heavy atom. The molecule has 0 radical (unpaired) electrons. The van der Waals surface area contributed by atoms with E-state index in [0.29, 0.717) is 5.75 Å². The number of ether oxygens (including phenoxy) is 2. The topological polar surface area (TPSA) is 157 Å². The van der Waals surface area contributed by atoms with E-state index in [9.17, 15) is 29.9 Å². The quantitative estimate of drug-likeness (QED) is 0.456. The van der Waals surface area contributed by atoms with Crippen molar-refractivity contribution < 1.29 is 24.6 Å². The summed E-state index contributed by atoms with van der Waals surface area (Å²) < 4.78 is 11.9. The third-order valence-corrected chi connectivity index (χ3v) is 3.92. The molecule has 1 aromatic carbocycles. The summed E-state index contributed by atoms with van der Waals surface area (Å²) in [5.74, 6) is 0.311. The SMILES string of the molecule is O=c1ccn([C@@H]2O[C@H](COc3ccc([N+](=O)[O-])cc3)[C@H](O)[C@@H]2O)c(=O)[nH]1. The van der Waals surface area contributed by atoms with Gasteiger partial charge in [0.2, 0.25) is 0 Å². The van der Waals surface area contributed by atoms with Gasteiger partial charge in [-0.05, 0) is 12.1 Å². The third kappa shape index (κ3) is 3.49. The molecule has 0 saturated carbocycles. The van der Waals surface area contributed by atoms with Gasteiger partial charge in [0, 0.05) is 24.4 Å². The molecule has 11 nitrogen and oxygen atoms in total. The molecule has 2 heterocycles. The van der Waals surface area contributed by atoms with Crippen molar-refractivity contribution in [2.45, 2.75) is 24.5 Å². The molecule has 1 saturated heterocycles. The molecule has 3 rings (SSSR count). The fourth-order valence-corrected chi connectivity index (χ4v) is 2.57. The third-order valence-electron chi connectivity index (χ3n) is 3.92. The Kier molecular flexibility index (Phi) is 4.84. The van der Waals surface area contributed by atoms with Gasteiger partial charge in [0.15, 0.2) is 6.23 Å². The summed E-state index contributed by atoms with van der Waals surface area (Å²) in [4.78, 5) is 35.0. The number of aromatic amines is 1. The number of nitro groups is 1. The summed E-state index contributed by atoms with van der Waals surface area (Å²) in [6, 6.07) is 6.39. The van der Waals surface area contributed by atoms with Crippen LogP contribution >= 0.6 is 0 Å². The average Bonchev–Trinajstić information content (AvgIpc) is 2.88. The monoisotopic (exact) mass is 365 g/mol. The summed E-state index contributed by atoms with van der Waals surface area (Å²) in [7, 11) is 0. The highest BCUT2D eigenvalue weighted by molar-refractivity contribution is 5.35. The number of non-ortho nitro benzene ring substituents is 1. The summed E-state index contributed by atoms with van der Waals surface area (Å²) >= 11 is 0. The Hall–Kier alpha value is -3.02. The van der Waals surface area contributed by atoms with Crippen molar-refractivity contribution in [3.8, 4) is 5.75 Å². The minimum Gasteiger partial charge on any atom is -0.491 e. The van der Waals surface area contributed by atoms with Crippen LogP contribution in [0.4, 0.5) is 5.69 Å². The molecule has 0 aliphatic carbocycles. The highest BCUT2D eigenvalue weighted by atomic mass is 16.6. The van der Waals surface area contributed by atoms with E-state index in [-0.39, 0.29) is 12.3 Å². The van der Waals surface area contributed by atoms with Crippen LogP contribution in [-0.4, -0.2) is 49.6 Å². The second-order valence-electron chi connectivity index (χ2n) is 5.63. The van der Waals surface area contributed by atoms with Gasteiger partial charge in [-0.15, -0.1) is 0 Å². The van der Waals surface area contributed by atoms with E-state index in [2.05, 4.69) is 0 Å². The second kappa shape index (κ2) is 7.07. The molecule has 0 spiro atoms. The zero-order chi connectivity index (χ0) is 18.8. The molecule has 0 bridgehead atoms. The van der Waals surface area contributed by atoms with Gasteiger partial charge in [0.05, 0.1) is 4.92 Å². The standard InChI is InChI=1S/C15H15N3O8/c19-11-5-6-17(15(22)16-11)14-13(21)12(20)10(26-14)7-25-9-3-1-8(2-4-9)18(23)24/h1-6,10,12-14,20-21H,7H2,(H,16,19,22)/t10-,12+,13+,14-/m1/s1. The lowest BCUT2D eigenvalue weighted by atomic mass is 10.1.